The van der Waals surface area contributed by atoms with E-state index in [1.54, 1.807) is 4.90 Å². The second-order valence-corrected chi connectivity index (χ2v) is 3.97. The lowest BCUT2D eigenvalue weighted by Crippen LogP contribution is -2.43. The summed E-state index contributed by atoms with van der Waals surface area (Å²) >= 11 is 0. The highest BCUT2D eigenvalue weighted by molar-refractivity contribution is 5.79. The number of amides is 1. The molecular formula is C11H22N2O4. The van der Waals surface area contributed by atoms with Crippen LogP contribution >= 0.6 is 0 Å². The second kappa shape index (κ2) is 8.95. The van der Waals surface area contributed by atoms with E-state index in [-0.39, 0.29) is 25.0 Å². The van der Waals surface area contributed by atoms with E-state index >= 15 is 0 Å². The fraction of sp³-hybridized carbons (Fsp3) is 0.818. The zero-order valence-corrected chi connectivity index (χ0v) is 10.7. The molecule has 0 rings (SSSR count). The molecule has 0 bridgehead atoms. The van der Waals surface area contributed by atoms with Gasteiger partial charge >= 0.3 is 5.97 Å². The van der Waals surface area contributed by atoms with Crippen molar-refractivity contribution < 1.29 is 19.4 Å². The van der Waals surface area contributed by atoms with Crippen LogP contribution < -0.4 is 5.32 Å². The van der Waals surface area contributed by atoms with Crippen LogP contribution in [-0.4, -0.2) is 61.3 Å². The summed E-state index contributed by atoms with van der Waals surface area (Å²) in [5, 5.41) is 11.5. The maximum Gasteiger partial charge on any atom is 0.317 e. The number of hydrogen-bond acceptors (Lipinski definition) is 4. The maximum atomic E-state index is 11.6. The van der Waals surface area contributed by atoms with Crippen molar-refractivity contribution in [2.75, 3.05) is 33.4 Å². The summed E-state index contributed by atoms with van der Waals surface area (Å²) in [6.07, 6.45) is 0.850. The van der Waals surface area contributed by atoms with Gasteiger partial charge in [-0.05, 0) is 13.3 Å². The topological polar surface area (TPSA) is 78.9 Å². The van der Waals surface area contributed by atoms with Gasteiger partial charge in [0.05, 0.1) is 19.7 Å². The Labute approximate surface area is 102 Å². The van der Waals surface area contributed by atoms with Crippen LogP contribution in [0.5, 0.6) is 0 Å². The molecule has 1 amide bonds. The standard InChI is InChI=1S/C11H22N2O4/c1-4-9(2)12-10(14)7-13(5-6-17-3)8-11(15)16/h9H,4-8H2,1-3H3,(H,12,14)(H,15,16). The highest BCUT2D eigenvalue weighted by atomic mass is 16.5. The third-order valence-electron chi connectivity index (χ3n) is 2.36. The average molecular weight is 246 g/mol. The molecular weight excluding hydrogens is 224 g/mol. The van der Waals surface area contributed by atoms with Crippen LogP contribution in [0.15, 0.2) is 0 Å². The van der Waals surface area contributed by atoms with Crippen molar-refractivity contribution in [3.05, 3.63) is 0 Å². The normalized spacial score (nSPS) is 12.5. The molecule has 17 heavy (non-hydrogen) atoms. The van der Waals surface area contributed by atoms with Crippen LogP contribution in [0, 0.1) is 0 Å². The predicted octanol–water partition coefficient (Wildman–Crippen LogP) is -0.0659. The number of aliphatic carboxylic acids is 1. The van der Waals surface area contributed by atoms with Crippen LogP contribution in [0.3, 0.4) is 0 Å². The summed E-state index contributed by atoms with van der Waals surface area (Å²) < 4.78 is 4.87. The second-order valence-electron chi connectivity index (χ2n) is 3.97. The van der Waals surface area contributed by atoms with Gasteiger partial charge in [-0.3, -0.25) is 14.5 Å². The Kier molecular flexibility index (Phi) is 8.35. The number of carboxylic acids is 1. The monoisotopic (exact) mass is 246 g/mol. The van der Waals surface area contributed by atoms with Gasteiger partial charge in [-0.15, -0.1) is 0 Å². The van der Waals surface area contributed by atoms with E-state index in [9.17, 15) is 9.59 Å². The fourth-order valence-corrected chi connectivity index (χ4v) is 1.25. The minimum Gasteiger partial charge on any atom is -0.480 e. The lowest BCUT2D eigenvalue weighted by atomic mass is 10.2. The first-order chi connectivity index (χ1) is 7.99. The molecule has 0 radical (unpaired) electrons. The molecule has 0 aliphatic carbocycles. The molecule has 0 aliphatic heterocycles. The van der Waals surface area contributed by atoms with Crippen molar-refractivity contribution in [3.8, 4) is 0 Å². The Morgan fingerprint density at radius 1 is 1.41 bits per heavy atom. The van der Waals surface area contributed by atoms with Crippen molar-refractivity contribution in [1.29, 1.82) is 0 Å². The van der Waals surface area contributed by atoms with Crippen LogP contribution in [0.4, 0.5) is 0 Å². The summed E-state index contributed by atoms with van der Waals surface area (Å²) in [6, 6.07) is 0.108. The largest absolute Gasteiger partial charge is 0.480 e. The minimum atomic E-state index is -0.947. The molecule has 0 aromatic heterocycles. The Balaban J connectivity index is 4.11. The van der Waals surface area contributed by atoms with Crippen molar-refractivity contribution in [3.63, 3.8) is 0 Å². The number of carboxylic acid groups (broad SMARTS) is 1. The van der Waals surface area contributed by atoms with E-state index < -0.39 is 5.97 Å². The van der Waals surface area contributed by atoms with Gasteiger partial charge in [-0.25, -0.2) is 0 Å². The first-order valence-corrected chi connectivity index (χ1v) is 5.72. The van der Waals surface area contributed by atoms with Gasteiger partial charge in [0.25, 0.3) is 0 Å². The predicted molar refractivity (Wildman–Crippen MR) is 63.8 cm³/mol. The first kappa shape index (κ1) is 15.9. The number of ether oxygens (including phenoxy) is 1. The van der Waals surface area contributed by atoms with E-state index in [0.717, 1.165) is 6.42 Å². The molecule has 2 N–H and O–H groups in total. The Hall–Kier alpha value is -1.14. The summed E-state index contributed by atoms with van der Waals surface area (Å²) in [5.41, 5.74) is 0. The summed E-state index contributed by atoms with van der Waals surface area (Å²) in [6.45, 7) is 4.65. The quantitative estimate of drug-likeness (QED) is 0.595. The first-order valence-electron chi connectivity index (χ1n) is 5.72. The number of nitrogens with zero attached hydrogens (tertiary/aromatic N) is 1. The van der Waals surface area contributed by atoms with E-state index in [2.05, 4.69) is 5.32 Å². The van der Waals surface area contributed by atoms with Gasteiger partial charge in [0.15, 0.2) is 0 Å². The van der Waals surface area contributed by atoms with E-state index in [1.165, 1.54) is 7.11 Å². The Morgan fingerprint density at radius 3 is 2.53 bits per heavy atom. The van der Waals surface area contributed by atoms with Crippen LogP contribution in [-0.2, 0) is 14.3 Å². The molecule has 0 spiro atoms. The number of methoxy groups -OCH3 is 1. The fourth-order valence-electron chi connectivity index (χ4n) is 1.25. The molecule has 100 valence electrons. The molecule has 0 saturated heterocycles. The molecule has 6 nitrogen and oxygen atoms in total. The van der Waals surface area contributed by atoms with Gasteiger partial charge in [0.1, 0.15) is 0 Å². The summed E-state index contributed by atoms with van der Waals surface area (Å²) in [5.74, 6) is -1.10. The molecule has 0 fully saturated rings. The molecule has 6 heteroatoms. The number of carbonyl (C=O) groups excluding carboxylic acids is 1. The number of carbonyl (C=O) groups is 2. The van der Waals surface area contributed by atoms with Crippen LogP contribution in [0.2, 0.25) is 0 Å². The number of rotatable bonds is 9. The highest BCUT2D eigenvalue weighted by Crippen LogP contribution is 1.92. The van der Waals surface area contributed by atoms with Gasteiger partial charge in [0, 0.05) is 19.7 Å². The van der Waals surface area contributed by atoms with Gasteiger partial charge in [-0.2, -0.15) is 0 Å². The molecule has 0 aromatic carbocycles. The van der Waals surface area contributed by atoms with Crippen molar-refractivity contribution >= 4 is 11.9 Å². The van der Waals surface area contributed by atoms with Crippen molar-refractivity contribution in [2.24, 2.45) is 0 Å². The van der Waals surface area contributed by atoms with Crippen LogP contribution in [0.1, 0.15) is 20.3 Å². The summed E-state index contributed by atoms with van der Waals surface area (Å²) in [4.78, 5) is 23.7. The average Bonchev–Trinajstić information content (AvgIpc) is 2.24. The van der Waals surface area contributed by atoms with Crippen molar-refractivity contribution in [2.45, 2.75) is 26.3 Å². The molecule has 1 atom stereocenters. The van der Waals surface area contributed by atoms with Crippen LogP contribution in [0.25, 0.3) is 0 Å². The van der Waals surface area contributed by atoms with E-state index in [0.29, 0.717) is 13.2 Å². The van der Waals surface area contributed by atoms with Gasteiger partial charge in [-0.1, -0.05) is 6.92 Å². The minimum absolute atomic E-state index is 0.0833. The lowest BCUT2D eigenvalue weighted by Gasteiger charge is -2.20. The van der Waals surface area contributed by atoms with E-state index in [1.807, 2.05) is 13.8 Å². The van der Waals surface area contributed by atoms with Gasteiger partial charge in [0.2, 0.25) is 5.91 Å². The molecule has 0 heterocycles. The van der Waals surface area contributed by atoms with Crippen molar-refractivity contribution in [1.82, 2.24) is 10.2 Å². The molecule has 1 unspecified atom stereocenters. The molecule has 0 saturated carbocycles. The Bertz CT molecular complexity index is 246. The maximum absolute atomic E-state index is 11.6. The number of hydrogen-bond donors (Lipinski definition) is 2. The SMILES string of the molecule is CCC(C)NC(=O)CN(CCOC)CC(=O)O. The third kappa shape index (κ3) is 8.65. The van der Waals surface area contributed by atoms with E-state index in [4.69, 9.17) is 9.84 Å². The third-order valence-corrected chi connectivity index (χ3v) is 2.36. The lowest BCUT2D eigenvalue weighted by molar-refractivity contribution is -0.138. The summed E-state index contributed by atoms with van der Waals surface area (Å²) in [7, 11) is 1.54. The zero-order valence-electron chi connectivity index (χ0n) is 10.7. The molecule has 0 aromatic rings. The molecule has 0 aliphatic rings. The smallest absolute Gasteiger partial charge is 0.317 e. The van der Waals surface area contributed by atoms with Gasteiger partial charge < -0.3 is 15.2 Å². The highest BCUT2D eigenvalue weighted by Gasteiger charge is 2.14. The Morgan fingerprint density at radius 2 is 2.06 bits per heavy atom. The number of nitrogens with one attached hydrogen (secondary N) is 1. The zero-order chi connectivity index (χ0) is 13.3.